The van der Waals surface area contributed by atoms with Gasteiger partial charge in [0, 0.05) is 11.8 Å². The van der Waals surface area contributed by atoms with E-state index in [0.29, 0.717) is 5.56 Å². The summed E-state index contributed by atoms with van der Waals surface area (Å²) in [4.78, 5) is -0.770. The molecular formula is C13H13F3N4O2S. The third kappa shape index (κ3) is 2.82. The van der Waals surface area contributed by atoms with Crippen LogP contribution in [-0.2, 0) is 16.0 Å². The fourth-order valence-corrected chi connectivity index (χ4v) is 3.94. The zero-order valence-corrected chi connectivity index (χ0v) is 12.9. The molecule has 0 spiro atoms. The highest BCUT2D eigenvalue weighted by Gasteiger charge is 2.40. The first-order chi connectivity index (χ1) is 10.7. The summed E-state index contributed by atoms with van der Waals surface area (Å²) in [5.74, 6) is -0.0590. The van der Waals surface area contributed by atoms with Crippen molar-refractivity contribution in [3.05, 3.63) is 23.3 Å². The van der Waals surface area contributed by atoms with E-state index in [0.717, 1.165) is 31.6 Å². The molecule has 1 heterocycles. The Morgan fingerprint density at radius 1 is 1.26 bits per heavy atom. The van der Waals surface area contributed by atoms with Crippen LogP contribution in [0.25, 0.3) is 11.4 Å². The zero-order valence-electron chi connectivity index (χ0n) is 12.1. The van der Waals surface area contributed by atoms with Crippen LogP contribution in [0.3, 0.4) is 0 Å². The summed E-state index contributed by atoms with van der Waals surface area (Å²) in [5, 5.41) is 12.7. The van der Waals surface area contributed by atoms with Crippen molar-refractivity contribution in [3.63, 3.8) is 0 Å². The van der Waals surface area contributed by atoms with Crippen molar-refractivity contribution in [1.82, 2.24) is 20.6 Å². The lowest BCUT2D eigenvalue weighted by atomic mass is 9.77. The first-order valence-electron chi connectivity index (χ1n) is 6.88. The molecule has 0 atom stereocenters. The SMILES string of the molecule is CS(=O)(=O)c1c(C(F)(F)F)ccc(C2CCC2)c1-c1nnn[nH]1. The molecule has 1 aromatic carbocycles. The number of H-pyrrole nitrogens is 1. The van der Waals surface area contributed by atoms with E-state index < -0.39 is 26.5 Å². The summed E-state index contributed by atoms with van der Waals surface area (Å²) in [7, 11) is -4.15. The van der Waals surface area contributed by atoms with E-state index in [1.54, 1.807) is 0 Å². The van der Waals surface area contributed by atoms with Gasteiger partial charge < -0.3 is 0 Å². The van der Waals surface area contributed by atoms with Crippen molar-refractivity contribution in [2.24, 2.45) is 0 Å². The summed E-state index contributed by atoms with van der Waals surface area (Å²) < 4.78 is 64.1. The van der Waals surface area contributed by atoms with Crippen LogP contribution in [0.4, 0.5) is 13.2 Å². The van der Waals surface area contributed by atoms with Crippen molar-refractivity contribution in [2.75, 3.05) is 6.26 Å². The summed E-state index contributed by atoms with van der Waals surface area (Å²) in [6.45, 7) is 0. The molecule has 0 amide bonds. The number of halogens is 3. The van der Waals surface area contributed by atoms with Crippen LogP contribution in [0.15, 0.2) is 17.0 Å². The molecule has 124 valence electrons. The van der Waals surface area contributed by atoms with Gasteiger partial charge in [0.15, 0.2) is 15.7 Å². The number of nitrogens with zero attached hydrogens (tertiary/aromatic N) is 3. The zero-order chi connectivity index (χ0) is 16.8. The van der Waals surface area contributed by atoms with Crippen molar-refractivity contribution in [1.29, 1.82) is 0 Å². The van der Waals surface area contributed by atoms with E-state index >= 15 is 0 Å². The quantitative estimate of drug-likeness (QED) is 0.923. The maximum atomic E-state index is 13.3. The van der Waals surface area contributed by atoms with Gasteiger partial charge in [-0.15, -0.1) is 5.10 Å². The van der Waals surface area contributed by atoms with Crippen LogP contribution in [0.5, 0.6) is 0 Å². The first-order valence-corrected chi connectivity index (χ1v) is 8.77. The second-order valence-corrected chi connectivity index (χ2v) is 7.51. The number of nitrogens with one attached hydrogen (secondary N) is 1. The van der Waals surface area contributed by atoms with Gasteiger partial charge in [0.25, 0.3) is 0 Å². The van der Waals surface area contributed by atoms with E-state index in [-0.39, 0.29) is 17.3 Å². The number of rotatable bonds is 3. The monoisotopic (exact) mass is 346 g/mol. The third-order valence-corrected chi connectivity index (χ3v) is 5.16. The van der Waals surface area contributed by atoms with Crippen LogP contribution >= 0.6 is 0 Å². The molecular weight excluding hydrogens is 333 g/mol. The van der Waals surface area contributed by atoms with Gasteiger partial charge in [0.1, 0.15) is 0 Å². The van der Waals surface area contributed by atoms with Crippen LogP contribution in [0.1, 0.15) is 36.3 Å². The molecule has 6 nitrogen and oxygen atoms in total. The summed E-state index contributed by atoms with van der Waals surface area (Å²) in [6.07, 6.45) is -1.49. The molecule has 1 aliphatic carbocycles. The highest BCUT2D eigenvalue weighted by molar-refractivity contribution is 7.91. The number of sulfone groups is 1. The van der Waals surface area contributed by atoms with Gasteiger partial charge in [0.05, 0.1) is 10.5 Å². The molecule has 0 bridgehead atoms. The second-order valence-electron chi connectivity index (χ2n) is 5.55. The highest BCUT2D eigenvalue weighted by atomic mass is 32.2. The summed E-state index contributed by atoms with van der Waals surface area (Å²) in [6, 6.07) is 2.16. The first kappa shape index (κ1) is 15.9. The van der Waals surface area contributed by atoms with Gasteiger partial charge >= 0.3 is 6.18 Å². The van der Waals surface area contributed by atoms with Crippen LogP contribution in [0.2, 0.25) is 0 Å². The van der Waals surface area contributed by atoms with Crippen molar-refractivity contribution in [2.45, 2.75) is 36.3 Å². The molecule has 0 unspecified atom stereocenters. The molecule has 1 N–H and O–H groups in total. The minimum atomic E-state index is -4.79. The van der Waals surface area contributed by atoms with E-state index in [9.17, 15) is 21.6 Å². The fraction of sp³-hybridized carbons (Fsp3) is 0.462. The predicted molar refractivity (Wildman–Crippen MR) is 74.3 cm³/mol. The minimum absolute atomic E-state index is 0.0119. The molecule has 2 aromatic rings. The smallest absolute Gasteiger partial charge is 0.239 e. The van der Waals surface area contributed by atoms with Crippen LogP contribution in [0, 0.1) is 0 Å². The number of tetrazole rings is 1. The van der Waals surface area contributed by atoms with Crippen molar-refractivity contribution >= 4 is 9.84 Å². The molecule has 0 saturated heterocycles. The Bertz CT molecular complexity index is 828. The van der Waals surface area contributed by atoms with Gasteiger partial charge in [-0.05, 0) is 40.8 Å². The van der Waals surface area contributed by atoms with E-state index in [1.807, 2.05) is 0 Å². The minimum Gasteiger partial charge on any atom is -0.239 e. The number of benzene rings is 1. The Morgan fingerprint density at radius 3 is 2.39 bits per heavy atom. The predicted octanol–water partition coefficient (Wildman–Crippen LogP) is 2.56. The number of hydrogen-bond acceptors (Lipinski definition) is 5. The Morgan fingerprint density at radius 2 is 1.96 bits per heavy atom. The Kier molecular flexibility index (Phi) is 3.66. The number of aromatic amines is 1. The van der Waals surface area contributed by atoms with E-state index in [1.165, 1.54) is 6.07 Å². The maximum absolute atomic E-state index is 13.3. The van der Waals surface area contributed by atoms with Gasteiger partial charge in [-0.25, -0.2) is 13.5 Å². The molecule has 0 radical (unpaired) electrons. The highest BCUT2D eigenvalue weighted by Crippen LogP contribution is 2.46. The Labute approximate surface area is 130 Å². The summed E-state index contributed by atoms with van der Waals surface area (Å²) >= 11 is 0. The Balaban J connectivity index is 2.39. The third-order valence-electron chi connectivity index (χ3n) is 3.99. The normalized spacial score (nSPS) is 16.3. The fourth-order valence-electron chi connectivity index (χ4n) is 2.78. The van der Waals surface area contributed by atoms with E-state index in [2.05, 4.69) is 20.6 Å². The van der Waals surface area contributed by atoms with Gasteiger partial charge in [-0.2, -0.15) is 13.2 Å². The number of alkyl halides is 3. The van der Waals surface area contributed by atoms with Crippen LogP contribution < -0.4 is 0 Å². The van der Waals surface area contributed by atoms with Crippen molar-refractivity contribution < 1.29 is 21.6 Å². The molecule has 10 heteroatoms. The van der Waals surface area contributed by atoms with Crippen molar-refractivity contribution in [3.8, 4) is 11.4 Å². The molecule has 1 fully saturated rings. The summed E-state index contributed by atoms with van der Waals surface area (Å²) in [5.41, 5.74) is -0.741. The second kappa shape index (κ2) is 5.29. The number of hydrogen-bond donors (Lipinski definition) is 1. The van der Waals surface area contributed by atoms with Gasteiger partial charge in [-0.3, -0.25) is 0 Å². The molecule has 1 aromatic heterocycles. The van der Waals surface area contributed by atoms with Crippen LogP contribution in [-0.4, -0.2) is 35.3 Å². The molecule has 0 aliphatic heterocycles. The largest absolute Gasteiger partial charge is 0.417 e. The average Bonchev–Trinajstić information content (AvgIpc) is 2.87. The van der Waals surface area contributed by atoms with Gasteiger partial charge in [0.2, 0.25) is 0 Å². The topological polar surface area (TPSA) is 88.6 Å². The molecule has 1 aliphatic rings. The Hall–Kier alpha value is -1.97. The molecule has 1 saturated carbocycles. The number of aromatic nitrogens is 4. The lowest BCUT2D eigenvalue weighted by molar-refractivity contribution is -0.139. The lowest BCUT2D eigenvalue weighted by Gasteiger charge is -2.29. The molecule has 3 rings (SSSR count). The van der Waals surface area contributed by atoms with E-state index in [4.69, 9.17) is 0 Å². The lowest BCUT2D eigenvalue weighted by Crippen LogP contribution is -2.18. The average molecular weight is 346 g/mol. The molecule has 23 heavy (non-hydrogen) atoms. The standard InChI is InChI=1S/C13H13F3N4O2S/c1-23(21,22)11-9(13(14,15)16)6-5-8(7-3-2-4-7)10(11)12-17-19-20-18-12/h5-7H,2-4H2,1H3,(H,17,18,19,20). The maximum Gasteiger partial charge on any atom is 0.417 e. The van der Waals surface area contributed by atoms with Gasteiger partial charge in [-0.1, -0.05) is 12.5 Å².